The molecule has 6 nitrogen and oxygen atoms in total. The van der Waals surface area contributed by atoms with Gasteiger partial charge < -0.3 is 25.5 Å². The summed E-state index contributed by atoms with van der Waals surface area (Å²) in [5.41, 5.74) is -1.25. The lowest BCUT2D eigenvalue weighted by Crippen LogP contribution is -2.66. The summed E-state index contributed by atoms with van der Waals surface area (Å²) >= 11 is 0. The van der Waals surface area contributed by atoms with Gasteiger partial charge in [-0.3, -0.25) is 4.79 Å². The van der Waals surface area contributed by atoms with Crippen molar-refractivity contribution in [3.05, 3.63) is 23.3 Å². The zero-order valence-corrected chi connectivity index (χ0v) is 20.7. The van der Waals surface area contributed by atoms with Gasteiger partial charge >= 0.3 is 0 Å². The van der Waals surface area contributed by atoms with E-state index in [9.17, 15) is 30.3 Å². The first-order valence-corrected chi connectivity index (χ1v) is 12.6. The highest BCUT2D eigenvalue weighted by molar-refractivity contribution is 5.95. The van der Waals surface area contributed by atoms with Crippen molar-refractivity contribution in [1.29, 1.82) is 0 Å². The maximum Gasteiger partial charge on any atom is 0.159 e. The van der Waals surface area contributed by atoms with E-state index in [-0.39, 0.29) is 24.0 Å². The molecule has 9 unspecified atom stereocenters. The van der Waals surface area contributed by atoms with Crippen LogP contribution in [0.3, 0.4) is 0 Å². The number of allylic oxidation sites excluding steroid dienone is 3. The Morgan fingerprint density at radius 3 is 2.45 bits per heavy atom. The van der Waals surface area contributed by atoms with Crippen molar-refractivity contribution in [2.75, 3.05) is 0 Å². The van der Waals surface area contributed by atoms with E-state index in [2.05, 4.69) is 19.9 Å². The third-order valence-corrected chi connectivity index (χ3v) is 10.1. The number of carbonyl (C=O) groups is 1. The maximum atomic E-state index is 13.2. The SMILES string of the molecule is CC(=CCCC(C)(C)O)C1CCC2(O)C3=CC(=O)C4CC(O)C(O)C(O)C4(C)C3CCC12C. The highest BCUT2D eigenvalue weighted by Gasteiger charge is 2.68. The molecule has 4 aliphatic carbocycles. The van der Waals surface area contributed by atoms with Crippen LogP contribution in [0.5, 0.6) is 0 Å². The van der Waals surface area contributed by atoms with Crippen LogP contribution >= 0.6 is 0 Å². The lowest BCUT2D eigenvalue weighted by molar-refractivity contribution is -0.197. The Bertz CT molecular complexity index is 870. The van der Waals surface area contributed by atoms with Gasteiger partial charge in [0.25, 0.3) is 0 Å². The van der Waals surface area contributed by atoms with Crippen LogP contribution in [-0.2, 0) is 4.79 Å². The summed E-state index contributed by atoms with van der Waals surface area (Å²) in [7, 11) is 0. The quantitative estimate of drug-likeness (QED) is 0.410. The zero-order chi connectivity index (χ0) is 24.6. The molecule has 0 bridgehead atoms. The van der Waals surface area contributed by atoms with Crippen molar-refractivity contribution in [2.45, 2.75) is 109 Å². The lowest BCUT2D eigenvalue weighted by Gasteiger charge is -2.61. The summed E-state index contributed by atoms with van der Waals surface area (Å²) in [6.45, 7) is 9.71. The number of fused-ring (bicyclic) bond motifs is 5. The van der Waals surface area contributed by atoms with Crippen molar-refractivity contribution < 1.29 is 30.3 Å². The van der Waals surface area contributed by atoms with Gasteiger partial charge in [0.2, 0.25) is 0 Å². The van der Waals surface area contributed by atoms with Gasteiger partial charge in [0.05, 0.1) is 23.4 Å². The summed E-state index contributed by atoms with van der Waals surface area (Å²) in [5, 5.41) is 54.0. The van der Waals surface area contributed by atoms with E-state index >= 15 is 0 Å². The Morgan fingerprint density at radius 2 is 1.82 bits per heavy atom. The molecule has 0 aliphatic heterocycles. The second-order valence-corrected chi connectivity index (χ2v) is 12.4. The van der Waals surface area contributed by atoms with Crippen molar-refractivity contribution in [3.63, 3.8) is 0 Å². The van der Waals surface area contributed by atoms with E-state index < -0.39 is 46.3 Å². The van der Waals surface area contributed by atoms with Crippen LogP contribution in [0.1, 0.15) is 79.6 Å². The van der Waals surface area contributed by atoms with Crippen molar-refractivity contribution in [3.8, 4) is 0 Å². The second kappa shape index (κ2) is 7.99. The van der Waals surface area contributed by atoms with E-state index in [0.29, 0.717) is 12.8 Å². The molecule has 4 rings (SSSR count). The second-order valence-electron chi connectivity index (χ2n) is 12.4. The van der Waals surface area contributed by atoms with Gasteiger partial charge in [-0.1, -0.05) is 25.5 Å². The molecule has 0 aromatic heterocycles. The fraction of sp³-hybridized carbons (Fsp3) is 0.815. The molecule has 5 N–H and O–H groups in total. The molecule has 4 aliphatic rings. The van der Waals surface area contributed by atoms with E-state index in [0.717, 1.165) is 31.3 Å². The number of carbonyl (C=O) groups excluding carboxylic acids is 1. The number of hydrogen-bond acceptors (Lipinski definition) is 6. The first kappa shape index (κ1) is 25.1. The molecule has 186 valence electrons. The van der Waals surface area contributed by atoms with E-state index in [4.69, 9.17) is 0 Å². The molecular formula is C27H42O6. The minimum Gasteiger partial charge on any atom is -0.390 e. The van der Waals surface area contributed by atoms with Crippen LogP contribution in [0.25, 0.3) is 0 Å². The fourth-order valence-electron chi connectivity index (χ4n) is 7.92. The van der Waals surface area contributed by atoms with Crippen LogP contribution in [0.4, 0.5) is 0 Å². The van der Waals surface area contributed by atoms with Gasteiger partial charge in [-0.05, 0) is 89.2 Å². The van der Waals surface area contributed by atoms with Crippen LogP contribution in [-0.4, -0.2) is 60.8 Å². The molecule has 0 amide bonds. The average Bonchev–Trinajstić information content (AvgIpc) is 2.99. The highest BCUT2D eigenvalue weighted by Crippen LogP contribution is 2.68. The summed E-state index contributed by atoms with van der Waals surface area (Å²) in [6.07, 6.45) is 4.60. The Balaban J connectivity index is 1.68. The summed E-state index contributed by atoms with van der Waals surface area (Å²) in [5.74, 6) is -0.760. The molecule has 33 heavy (non-hydrogen) atoms. The average molecular weight is 463 g/mol. The number of ketones is 1. The molecule has 0 radical (unpaired) electrons. The fourth-order valence-corrected chi connectivity index (χ4v) is 7.92. The standard InChI is InChI=1S/C27H42O6/c1-15(7-6-10-24(2,3)32)16-9-12-27(33)18-13-20(28)19-14-21(29)22(30)23(31)26(19,5)17(18)8-11-25(16,27)4/h7,13,16-17,19,21-23,29-33H,6,8-12,14H2,1-5H3. The summed E-state index contributed by atoms with van der Waals surface area (Å²) in [6, 6.07) is 0. The first-order valence-electron chi connectivity index (χ1n) is 12.6. The molecule has 3 fully saturated rings. The normalized spacial score (nSPS) is 48.1. The number of rotatable bonds is 4. The zero-order valence-electron chi connectivity index (χ0n) is 20.7. The highest BCUT2D eigenvalue weighted by atomic mass is 16.4. The van der Waals surface area contributed by atoms with Gasteiger partial charge in [-0.25, -0.2) is 0 Å². The van der Waals surface area contributed by atoms with Gasteiger partial charge in [0.1, 0.15) is 6.10 Å². The molecule has 6 heteroatoms. The minimum atomic E-state index is -1.29. The Kier molecular flexibility index (Phi) is 6.07. The van der Waals surface area contributed by atoms with E-state index in [1.165, 1.54) is 5.57 Å². The van der Waals surface area contributed by atoms with Gasteiger partial charge in [0.15, 0.2) is 5.78 Å². The molecule has 3 saturated carbocycles. The monoisotopic (exact) mass is 462 g/mol. The summed E-state index contributed by atoms with van der Waals surface area (Å²) in [4.78, 5) is 13.2. The molecular weight excluding hydrogens is 420 g/mol. The Hall–Kier alpha value is -1.05. The largest absolute Gasteiger partial charge is 0.390 e. The van der Waals surface area contributed by atoms with Crippen molar-refractivity contribution in [2.24, 2.45) is 28.6 Å². The lowest BCUT2D eigenvalue weighted by atomic mass is 9.45. The van der Waals surface area contributed by atoms with Gasteiger partial charge in [-0.15, -0.1) is 0 Å². The van der Waals surface area contributed by atoms with Crippen molar-refractivity contribution >= 4 is 5.78 Å². The van der Waals surface area contributed by atoms with Crippen LogP contribution in [0, 0.1) is 28.6 Å². The van der Waals surface area contributed by atoms with Gasteiger partial charge in [0, 0.05) is 16.7 Å². The first-order chi connectivity index (χ1) is 15.2. The third kappa shape index (κ3) is 3.59. The maximum absolute atomic E-state index is 13.2. The van der Waals surface area contributed by atoms with Crippen LogP contribution in [0.15, 0.2) is 23.3 Å². The van der Waals surface area contributed by atoms with E-state index in [1.54, 1.807) is 6.08 Å². The number of aliphatic hydroxyl groups is 5. The molecule has 0 aromatic rings. The van der Waals surface area contributed by atoms with Crippen LogP contribution < -0.4 is 0 Å². The Morgan fingerprint density at radius 1 is 1.15 bits per heavy atom. The van der Waals surface area contributed by atoms with Crippen LogP contribution in [0.2, 0.25) is 0 Å². The van der Waals surface area contributed by atoms with E-state index in [1.807, 2.05) is 20.8 Å². The smallest absolute Gasteiger partial charge is 0.159 e. The predicted molar refractivity (Wildman–Crippen MR) is 125 cm³/mol. The molecule has 0 heterocycles. The number of aliphatic hydroxyl groups excluding tert-OH is 3. The molecule has 0 aromatic carbocycles. The third-order valence-electron chi connectivity index (χ3n) is 10.1. The molecule has 9 atom stereocenters. The van der Waals surface area contributed by atoms with Gasteiger partial charge in [-0.2, -0.15) is 0 Å². The number of hydrogen-bond donors (Lipinski definition) is 5. The molecule has 0 spiro atoms. The Labute approximate surface area is 197 Å². The van der Waals surface area contributed by atoms with Crippen molar-refractivity contribution in [1.82, 2.24) is 0 Å². The molecule has 0 saturated heterocycles. The summed E-state index contributed by atoms with van der Waals surface area (Å²) < 4.78 is 0. The topological polar surface area (TPSA) is 118 Å². The predicted octanol–water partition coefficient (Wildman–Crippen LogP) is 2.66. The minimum absolute atomic E-state index is 0.134.